The molecule has 132 valence electrons. The van der Waals surface area contributed by atoms with E-state index in [1.54, 1.807) is 0 Å². The summed E-state index contributed by atoms with van der Waals surface area (Å²) in [7, 11) is 0. The van der Waals surface area contributed by atoms with Crippen LogP contribution in [0.25, 0.3) is 11.4 Å². The Kier molecular flexibility index (Phi) is 5.28. The summed E-state index contributed by atoms with van der Waals surface area (Å²) < 4.78 is 5.54. The number of nitrogens with zero attached hydrogens (tertiary/aromatic N) is 1. The van der Waals surface area contributed by atoms with Gasteiger partial charge in [0.1, 0.15) is 11.4 Å². The van der Waals surface area contributed by atoms with Crippen LogP contribution in [0.15, 0.2) is 41.3 Å². The molecule has 0 radical (unpaired) electrons. The molecule has 25 heavy (non-hydrogen) atoms. The molecule has 1 amide bonds. The van der Waals surface area contributed by atoms with Crippen LogP contribution >= 0.6 is 0 Å². The molecule has 1 heterocycles. The quantitative estimate of drug-likeness (QED) is 0.810. The number of amides is 1. The van der Waals surface area contributed by atoms with Gasteiger partial charge in [0.25, 0.3) is 11.5 Å². The molecular weight excluding hydrogens is 318 g/mol. The van der Waals surface area contributed by atoms with E-state index in [4.69, 9.17) is 4.74 Å². The van der Waals surface area contributed by atoms with Crippen molar-refractivity contribution in [2.24, 2.45) is 5.41 Å². The minimum Gasteiger partial charge on any atom is -0.381 e. The number of aromatic amines is 1. The first-order valence-corrected chi connectivity index (χ1v) is 8.64. The molecule has 1 aromatic carbocycles. The number of H-pyrrole nitrogens is 1. The summed E-state index contributed by atoms with van der Waals surface area (Å²) in [4.78, 5) is 31.5. The van der Waals surface area contributed by atoms with Crippen LogP contribution in [-0.2, 0) is 4.74 Å². The molecule has 0 bridgehead atoms. The standard InChI is InChI=1S/C19H23N3O3/c1-2-25-13-19(9-6-10-19)12-21-17(23)15-11-20-16(22-18(15)24)14-7-4-3-5-8-14/h3-5,7-8,11H,2,6,9-10,12-13H2,1H3,(H,21,23)(H,20,22,24). The first-order chi connectivity index (χ1) is 12.1. The molecule has 0 aliphatic heterocycles. The average molecular weight is 341 g/mol. The third-order valence-electron chi connectivity index (χ3n) is 4.74. The SMILES string of the molecule is CCOCC1(CNC(=O)c2cnc(-c3ccccc3)[nH]c2=O)CCC1. The average Bonchev–Trinajstić information content (AvgIpc) is 2.61. The van der Waals surface area contributed by atoms with Gasteiger partial charge in [0, 0.05) is 30.3 Å². The second kappa shape index (κ2) is 7.61. The zero-order chi connectivity index (χ0) is 17.7. The first kappa shape index (κ1) is 17.4. The van der Waals surface area contributed by atoms with Crippen molar-refractivity contribution in [3.63, 3.8) is 0 Å². The largest absolute Gasteiger partial charge is 0.381 e. The molecule has 0 atom stereocenters. The number of aromatic nitrogens is 2. The Morgan fingerprint density at radius 3 is 2.68 bits per heavy atom. The molecule has 3 rings (SSSR count). The minimum absolute atomic E-state index is 0.00976. The fourth-order valence-corrected chi connectivity index (χ4v) is 3.03. The van der Waals surface area contributed by atoms with E-state index in [-0.39, 0.29) is 11.0 Å². The number of nitrogens with one attached hydrogen (secondary N) is 2. The second-order valence-corrected chi connectivity index (χ2v) is 6.51. The Morgan fingerprint density at radius 1 is 1.32 bits per heavy atom. The third-order valence-corrected chi connectivity index (χ3v) is 4.74. The van der Waals surface area contributed by atoms with Crippen LogP contribution in [0.3, 0.4) is 0 Å². The van der Waals surface area contributed by atoms with Gasteiger partial charge in [-0.3, -0.25) is 9.59 Å². The maximum absolute atomic E-state index is 12.4. The molecule has 1 aliphatic rings. The number of benzene rings is 1. The molecule has 1 saturated carbocycles. The zero-order valence-corrected chi connectivity index (χ0v) is 14.4. The van der Waals surface area contributed by atoms with Crippen LogP contribution in [0.2, 0.25) is 0 Å². The Bertz CT molecular complexity index is 782. The van der Waals surface area contributed by atoms with Gasteiger partial charge in [-0.1, -0.05) is 36.8 Å². The predicted octanol–water partition coefficient (Wildman–Crippen LogP) is 2.37. The Labute approximate surface area is 146 Å². The lowest BCUT2D eigenvalue weighted by Crippen LogP contribution is -2.46. The summed E-state index contributed by atoms with van der Waals surface area (Å²) in [6.45, 7) is 3.79. The van der Waals surface area contributed by atoms with E-state index in [0.717, 1.165) is 24.8 Å². The zero-order valence-electron chi connectivity index (χ0n) is 14.4. The molecule has 0 saturated heterocycles. The summed E-state index contributed by atoms with van der Waals surface area (Å²) >= 11 is 0. The third kappa shape index (κ3) is 3.96. The summed E-state index contributed by atoms with van der Waals surface area (Å²) in [5, 5.41) is 2.87. The lowest BCUT2D eigenvalue weighted by Gasteiger charge is -2.41. The van der Waals surface area contributed by atoms with Crippen LogP contribution < -0.4 is 10.9 Å². The van der Waals surface area contributed by atoms with Crippen LogP contribution in [0.1, 0.15) is 36.5 Å². The van der Waals surface area contributed by atoms with E-state index >= 15 is 0 Å². The van der Waals surface area contributed by atoms with Crippen LogP contribution in [0.4, 0.5) is 0 Å². The van der Waals surface area contributed by atoms with E-state index in [2.05, 4.69) is 15.3 Å². The molecule has 0 spiro atoms. The van der Waals surface area contributed by atoms with Crippen molar-refractivity contribution in [2.45, 2.75) is 26.2 Å². The smallest absolute Gasteiger partial charge is 0.264 e. The molecule has 2 N–H and O–H groups in total. The summed E-state index contributed by atoms with van der Waals surface area (Å²) in [6.07, 6.45) is 4.56. The van der Waals surface area contributed by atoms with Gasteiger partial charge in [-0.25, -0.2) is 4.98 Å². The fourth-order valence-electron chi connectivity index (χ4n) is 3.03. The lowest BCUT2D eigenvalue weighted by molar-refractivity contribution is -0.000194. The summed E-state index contributed by atoms with van der Waals surface area (Å²) in [6, 6.07) is 9.33. The molecule has 2 aromatic rings. The van der Waals surface area contributed by atoms with Crippen molar-refractivity contribution < 1.29 is 9.53 Å². The highest BCUT2D eigenvalue weighted by molar-refractivity contribution is 5.93. The number of carbonyl (C=O) groups is 1. The predicted molar refractivity (Wildman–Crippen MR) is 95.4 cm³/mol. The van der Waals surface area contributed by atoms with E-state index in [0.29, 0.717) is 25.6 Å². The van der Waals surface area contributed by atoms with Crippen LogP contribution in [0, 0.1) is 5.41 Å². The molecule has 0 unspecified atom stereocenters. The molecule has 1 aromatic heterocycles. The van der Waals surface area contributed by atoms with Crippen molar-refractivity contribution in [2.75, 3.05) is 19.8 Å². The highest BCUT2D eigenvalue weighted by atomic mass is 16.5. The summed E-state index contributed by atoms with van der Waals surface area (Å²) in [5.74, 6) is 0.0603. The number of rotatable bonds is 7. The van der Waals surface area contributed by atoms with E-state index in [1.165, 1.54) is 6.20 Å². The van der Waals surface area contributed by atoms with E-state index < -0.39 is 11.5 Å². The molecule has 6 heteroatoms. The maximum Gasteiger partial charge on any atom is 0.264 e. The van der Waals surface area contributed by atoms with Gasteiger partial charge < -0.3 is 15.0 Å². The Hall–Kier alpha value is -2.47. The first-order valence-electron chi connectivity index (χ1n) is 8.64. The van der Waals surface area contributed by atoms with Gasteiger partial charge in [0.2, 0.25) is 0 Å². The fraction of sp³-hybridized carbons (Fsp3) is 0.421. The number of hydrogen-bond donors (Lipinski definition) is 2. The lowest BCUT2D eigenvalue weighted by atomic mass is 9.69. The number of hydrogen-bond acceptors (Lipinski definition) is 4. The molecular formula is C19H23N3O3. The minimum atomic E-state index is -0.432. The number of ether oxygens (including phenoxy) is 1. The molecule has 1 aliphatic carbocycles. The van der Waals surface area contributed by atoms with Crippen molar-refractivity contribution in [3.05, 3.63) is 52.4 Å². The van der Waals surface area contributed by atoms with Gasteiger partial charge in [-0.2, -0.15) is 0 Å². The van der Waals surface area contributed by atoms with E-state index in [9.17, 15) is 9.59 Å². The van der Waals surface area contributed by atoms with Gasteiger partial charge in [-0.05, 0) is 19.8 Å². The van der Waals surface area contributed by atoms with E-state index in [1.807, 2.05) is 37.3 Å². The van der Waals surface area contributed by atoms with Crippen LogP contribution in [-0.4, -0.2) is 35.6 Å². The molecule has 1 fully saturated rings. The summed E-state index contributed by atoms with van der Waals surface area (Å²) in [5.41, 5.74) is 0.414. The van der Waals surface area contributed by atoms with Gasteiger partial charge >= 0.3 is 0 Å². The Morgan fingerprint density at radius 2 is 2.08 bits per heavy atom. The highest BCUT2D eigenvalue weighted by Crippen LogP contribution is 2.40. The second-order valence-electron chi connectivity index (χ2n) is 6.51. The van der Waals surface area contributed by atoms with Crippen LogP contribution in [0.5, 0.6) is 0 Å². The monoisotopic (exact) mass is 341 g/mol. The van der Waals surface area contributed by atoms with Crippen molar-refractivity contribution >= 4 is 5.91 Å². The van der Waals surface area contributed by atoms with Crippen molar-refractivity contribution in [1.29, 1.82) is 0 Å². The topological polar surface area (TPSA) is 84.1 Å². The molecule has 6 nitrogen and oxygen atoms in total. The number of carbonyl (C=O) groups excluding carboxylic acids is 1. The van der Waals surface area contributed by atoms with Crippen molar-refractivity contribution in [3.8, 4) is 11.4 Å². The van der Waals surface area contributed by atoms with Gasteiger partial charge in [0.15, 0.2) is 0 Å². The Balaban J connectivity index is 1.67. The highest BCUT2D eigenvalue weighted by Gasteiger charge is 2.37. The normalized spacial score (nSPS) is 15.4. The maximum atomic E-state index is 12.4. The van der Waals surface area contributed by atoms with Crippen molar-refractivity contribution in [1.82, 2.24) is 15.3 Å². The van der Waals surface area contributed by atoms with Gasteiger partial charge in [-0.15, -0.1) is 0 Å². The van der Waals surface area contributed by atoms with Gasteiger partial charge in [0.05, 0.1) is 6.61 Å².